The molecular weight excluding hydrogens is 347 g/mol. The molecule has 1 atom stereocenters. The molecule has 0 amide bonds. The molecule has 4 nitrogen and oxygen atoms in total. The molecular formula is C22H29FO4. The minimum atomic E-state index is -1.09. The Hall–Kier alpha value is -1.62. The lowest BCUT2D eigenvalue weighted by Gasteiger charge is -2.59. The summed E-state index contributed by atoms with van der Waals surface area (Å²) in [6, 6.07) is 3.69. The van der Waals surface area contributed by atoms with Crippen molar-refractivity contribution in [2.24, 2.45) is 23.2 Å². The Kier molecular flexibility index (Phi) is 4.49. The van der Waals surface area contributed by atoms with Gasteiger partial charge in [0, 0.05) is 5.41 Å². The fourth-order valence-electron chi connectivity index (χ4n) is 5.90. The van der Waals surface area contributed by atoms with E-state index in [1.165, 1.54) is 31.4 Å². The number of halogens is 1. The van der Waals surface area contributed by atoms with Crippen molar-refractivity contribution in [3.05, 3.63) is 29.6 Å². The minimum absolute atomic E-state index is 0.0198. The Morgan fingerprint density at radius 3 is 2.19 bits per heavy atom. The monoisotopic (exact) mass is 376 g/mol. The number of carbonyl (C=O) groups is 1. The summed E-state index contributed by atoms with van der Waals surface area (Å²) in [7, 11) is 0. The van der Waals surface area contributed by atoms with Crippen LogP contribution in [0.25, 0.3) is 0 Å². The number of hydrogen-bond acceptors (Lipinski definition) is 3. The van der Waals surface area contributed by atoms with E-state index < -0.39 is 23.7 Å². The largest absolute Gasteiger partial charge is 0.478 e. The summed E-state index contributed by atoms with van der Waals surface area (Å²) in [5.41, 5.74) is -0.519. The number of carboxylic acids is 1. The fourth-order valence-corrected chi connectivity index (χ4v) is 5.90. The topological polar surface area (TPSA) is 55.8 Å². The van der Waals surface area contributed by atoms with Crippen LogP contribution in [0.1, 0.15) is 69.7 Å². The maximum atomic E-state index is 14.4. The molecule has 0 spiro atoms. The molecule has 0 saturated heterocycles. The number of ether oxygens (including phenoxy) is 2. The van der Waals surface area contributed by atoms with E-state index in [1.807, 2.05) is 20.8 Å². The van der Waals surface area contributed by atoms with E-state index in [-0.39, 0.29) is 16.7 Å². The highest BCUT2D eigenvalue weighted by atomic mass is 19.1. The van der Waals surface area contributed by atoms with Gasteiger partial charge < -0.3 is 14.6 Å². The number of carboxylic acid groups (broad SMARTS) is 1. The van der Waals surface area contributed by atoms with Crippen molar-refractivity contribution in [3.63, 3.8) is 0 Å². The van der Waals surface area contributed by atoms with E-state index in [0.717, 1.165) is 25.3 Å². The van der Waals surface area contributed by atoms with Crippen LogP contribution in [0, 0.1) is 29.0 Å². The SMILES string of the molecule is CC(C)(C)OC(Oc1cc(C(=O)O)ccc1F)C12CC3CC(CC(C3)C1)C2. The van der Waals surface area contributed by atoms with Crippen LogP contribution in [0.15, 0.2) is 18.2 Å². The minimum Gasteiger partial charge on any atom is -0.478 e. The molecule has 0 aromatic heterocycles. The van der Waals surface area contributed by atoms with Gasteiger partial charge in [-0.15, -0.1) is 0 Å². The first-order valence-corrected chi connectivity index (χ1v) is 10.0. The summed E-state index contributed by atoms with van der Waals surface area (Å²) < 4.78 is 26.9. The molecule has 4 saturated carbocycles. The van der Waals surface area contributed by atoms with Crippen LogP contribution in [-0.2, 0) is 4.74 Å². The maximum absolute atomic E-state index is 14.4. The van der Waals surface area contributed by atoms with Crippen molar-refractivity contribution in [2.45, 2.75) is 71.2 Å². The Bertz CT molecular complexity index is 701. The summed E-state index contributed by atoms with van der Waals surface area (Å²) in [5, 5.41) is 9.24. The number of rotatable bonds is 5. The lowest BCUT2D eigenvalue weighted by molar-refractivity contribution is -0.249. The van der Waals surface area contributed by atoms with Crippen molar-refractivity contribution in [1.82, 2.24) is 0 Å². The fraction of sp³-hybridized carbons (Fsp3) is 0.682. The highest BCUT2D eigenvalue weighted by Crippen LogP contribution is 2.62. The zero-order valence-electron chi connectivity index (χ0n) is 16.3. The van der Waals surface area contributed by atoms with Gasteiger partial charge in [-0.3, -0.25) is 0 Å². The van der Waals surface area contributed by atoms with Crippen LogP contribution in [-0.4, -0.2) is 23.0 Å². The van der Waals surface area contributed by atoms with Gasteiger partial charge in [-0.1, -0.05) is 0 Å². The molecule has 0 radical (unpaired) electrons. The second kappa shape index (κ2) is 6.47. The molecule has 1 unspecified atom stereocenters. The lowest BCUT2D eigenvalue weighted by atomic mass is 9.49. The van der Waals surface area contributed by atoms with Gasteiger partial charge in [-0.05, 0) is 95.2 Å². The van der Waals surface area contributed by atoms with Crippen LogP contribution in [0.4, 0.5) is 4.39 Å². The van der Waals surface area contributed by atoms with Gasteiger partial charge in [0.2, 0.25) is 6.29 Å². The molecule has 1 aromatic rings. The van der Waals surface area contributed by atoms with Gasteiger partial charge in [0.1, 0.15) is 0 Å². The average molecular weight is 376 g/mol. The second-order valence-electron chi connectivity index (χ2n) is 9.91. The molecule has 5 rings (SSSR count). The summed E-state index contributed by atoms with van der Waals surface area (Å²) in [5.74, 6) is 0.457. The average Bonchev–Trinajstić information content (AvgIpc) is 2.53. The first-order valence-electron chi connectivity index (χ1n) is 10.0. The molecule has 27 heavy (non-hydrogen) atoms. The first kappa shape index (κ1) is 18.7. The van der Waals surface area contributed by atoms with Gasteiger partial charge in [-0.2, -0.15) is 0 Å². The third-order valence-corrected chi connectivity index (χ3v) is 6.46. The third-order valence-electron chi connectivity index (χ3n) is 6.46. The van der Waals surface area contributed by atoms with Crippen molar-refractivity contribution >= 4 is 5.97 Å². The van der Waals surface area contributed by atoms with Crippen molar-refractivity contribution in [2.75, 3.05) is 0 Å². The van der Waals surface area contributed by atoms with Crippen LogP contribution < -0.4 is 4.74 Å². The second-order valence-corrected chi connectivity index (χ2v) is 9.91. The van der Waals surface area contributed by atoms with Crippen molar-refractivity contribution < 1.29 is 23.8 Å². The molecule has 0 heterocycles. The van der Waals surface area contributed by atoms with Gasteiger partial charge >= 0.3 is 5.97 Å². The van der Waals surface area contributed by atoms with Gasteiger partial charge in [-0.25, -0.2) is 9.18 Å². The van der Waals surface area contributed by atoms with E-state index in [2.05, 4.69) is 0 Å². The summed E-state index contributed by atoms with van der Waals surface area (Å²) in [6.07, 6.45) is 6.49. The number of hydrogen-bond donors (Lipinski definition) is 1. The lowest BCUT2D eigenvalue weighted by Crippen LogP contribution is -2.55. The van der Waals surface area contributed by atoms with E-state index >= 15 is 0 Å². The van der Waals surface area contributed by atoms with Gasteiger partial charge in [0.05, 0.1) is 11.2 Å². The zero-order valence-corrected chi connectivity index (χ0v) is 16.3. The number of benzene rings is 1. The molecule has 1 aromatic carbocycles. The van der Waals surface area contributed by atoms with Crippen molar-refractivity contribution in [3.8, 4) is 5.75 Å². The third kappa shape index (κ3) is 3.71. The van der Waals surface area contributed by atoms with Gasteiger partial charge in [0.25, 0.3) is 0 Å². The molecule has 4 aliphatic carbocycles. The van der Waals surface area contributed by atoms with E-state index in [4.69, 9.17) is 9.47 Å². The Labute approximate surface area is 160 Å². The quantitative estimate of drug-likeness (QED) is 0.712. The molecule has 4 fully saturated rings. The molecule has 148 valence electrons. The molecule has 4 aliphatic rings. The Morgan fingerprint density at radius 1 is 1.15 bits per heavy atom. The number of aromatic carboxylic acids is 1. The Morgan fingerprint density at radius 2 is 1.70 bits per heavy atom. The highest BCUT2D eigenvalue weighted by molar-refractivity contribution is 5.88. The highest BCUT2D eigenvalue weighted by Gasteiger charge is 2.56. The van der Waals surface area contributed by atoms with Crippen molar-refractivity contribution in [1.29, 1.82) is 0 Å². The van der Waals surface area contributed by atoms with E-state index in [1.54, 1.807) is 0 Å². The predicted octanol–water partition coefficient (Wildman–Crippen LogP) is 5.26. The van der Waals surface area contributed by atoms with Gasteiger partial charge in [0.15, 0.2) is 11.6 Å². The smallest absolute Gasteiger partial charge is 0.335 e. The molecule has 0 aliphatic heterocycles. The molecule has 1 N–H and O–H groups in total. The van der Waals surface area contributed by atoms with E-state index in [0.29, 0.717) is 17.8 Å². The van der Waals surface area contributed by atoms with Crippen LogP contribution >= 0.6 is 0 Å². The zero-order chi connectivity index (χ0) is 19.4. The first-order chi connectivity index (χ1) is 12.6. The summed E-state index contributed by atoms with van der Waals surface area (Å²) in [4.78, 5) is 11.3. The Balaban J connectivity index is 1.66. The molecule has 4 bridgehead atoms. The summed E-state index contributed by atoms with van der Waals surface area (Å²) >= 11 is 0. The normalized spacial score (nSPS) is 33.1. The van der Waals surface area contributed by atoms with Crippen LogP contribution in [0.3, 0.4) is 0 Å². The summed E-state index contributed by atoms with van der Waals surface area (Å²) in [6.45, 7) is 5.94. The maximum Gasteiger partial charge on any atom is 0.335 e. The predicted molar refractivity (Wildman–Crippen MR) is 99.2 cm³/mol. The van der Waals surface area contributed by atoms with Crippen LogP contribution in [0.5, 0.6) is 5.75 Å². The standard InChI is InChI=1S/C22H29FO4/c1-21(2,3)27-20(26-18-9-16(19(24)25)4-5-17(18)23)22-10-13-6-14(11-22)8-15(7-13)12-22/h4-5,9,13-15,20H,6-8,10-12H2,1-3H3,(H,24,25). The molecule has 5 heteroatoms. The van der Waals surface area contributed by atoms with Crippen LogP contribution in [0.2, 0.25) is 0 Å². The van der Waals surface area contributed by atoms with E-state index in [9.17, 15) is 14.3 Å².